The molecule has 2 rings (SSSR count). The van der Waals surface area contributed by atoms with Crippen molar-refractivity contribution in [3.8, 4) is 0 Å². The summed E-state index contributed by atoms with van der Waals surface area (Å²) in [6.07, 6.45) is 3.40. The van der Waals surface area contributed by atoms with Gasteiger partial charge in [-0.2, -0.15) is 0 Å². The van der Waals surface area contributed by atoms with Gasteiger partial charge in [-0.05, 0) is 17.5 Å². The number of nitrogens with zero attached hydrogens (tertiary/aromatic N) is 5. The van der Waals surface area contributed by atoms with E-state index < -0.39 is 0 Å². The van der Waals surface area contributed by atoms with Crippen LogP contribution in [0.5, 0.6) is 0 Å². The molecule has 1 amide bonds. The first-order valence-corrected chi connectivity index (χ1v) is 7.49. The highest BCUT2D eigenvalue weighted by Crippen LogP contribution is 2.22. The molecule has 114 valence electrons. The standard InChI is InChI=1S/C13H19N5O2S/c1-9(2)11-12(21-16-15-11)13(20)18(4-5-19)7-10-6-14-8-17(10)3/h6,8-9,19H,4-5,7H2,1-3H3. The number of aliphatic hydroxyl groups excluding tert-OH is 1. The average molecular weight is 309 g/mol. The van der Waals surface area contributed by atoms with Crippen LogP contribution in [-0.4, -0.2) is 48.2 Å². The number of hydrogen-bond donors (Lipinski definition) is 1. The van der Waals surface area contributed by atoms with E-state index in [4.69, 9.17) is 0 Å². The van der Waals surface area contributed by atoms with E-state index in [9.17, 15) is 9.90 Å². The zero-order valence-corrected chi connectivity index (χ0v) is 13.2. The summed E-state index contributed by atoms with van der Waals surface area (Å²) in [6.45, 7) is 4.52. The molecule has 0 fully saturated rings. The van der Waals surface area contributed by atoms with Gasteiger partial charge in [0.05, 0.1) is 30.9 Å². The lowest BCUT2D eigenvalue weighted by Gasteiger charge is -2.21. The fraction of sp³-hybridized carbons (Fsp3) is 0.538. The van der Waals surface area contributed by atoms with Crippen LogP contribution in [0.4, 0.5) is 0 Å². The van der Waals surface area contributed by atoms with Gasteiger partial charge in [-0.25, -0.2) is 4.98 Å². The van der Waals surface area contributed by atoms with E-state index in [2.05, 4.69) is 14.6 Å². The quantitative estimate of drug-likeness (QED) is 0.861. The Morgan fingerprint density at radius 3 is 2.86 bits per heavy atom. The molecule has 2 aromatic rings. The lowest BCUT2D eigenvalue weighted by Crippen LogP contribution is -2.33. The molecule has 0 spiro atoms. The molecule has 0 radical (unpaired) electrons. The number of aromatic nitrogens is 4. The van der Waals surface area contributed by atoms with Crippen LogP contribution in [0.3, 0.4) is 0 Å². The molecule has 0 aromatic carbocycles. The zero-order valence-electron chi connectivity index (χ0n) is 12.4. The average Bonchev–Trinajstić information content (AvgIpc) is 3.07. The zero-order chi connectivity index (χ0) is 15.4. The SMILES string of the molecule is CC(C)c1nnsc1C(=O)N(CCO)Cc1cncn1C. The number of aryl methyl sites for hydroxylation is 1. The Balaban J connectivity index is 2.23. The van der Waals surface area contributed by atoms with Gasteiger partial charge in [0.25, 0.3) is 5.91 Å². The van der Waals surface area contributed by atoms with Crippen molar-refractivity contribution in [2.45, 2.75) is 26.3 Å². The van der Waals surface area contributed by atoms with Crippen molar-refractivity contribution in [3.05, 3.63) is 28.8 Å². The van der Waals surface area contributed by atoms with Crippen molar-refractivity contribution >= 4 is 17.4 Å². The van der Waals surface area contributed by atoms with Gasteiger partial charge in [-0.15, -0.1) is 5.10 Å². The lowest BCUT2D eigenvalue weighted by molar-refractivity contribution is 0.0707. The molecule has 1 N–H and O–H groups in total. The molecule has 0 saturated carbocycles. The lowest BCUT2D eigenvalue weighted by atomic mass is 10.1. The van der Waals surface area contributed by atoms with Crippen LogP contribution in [0.25, 0.3) is 0 Å². The molecular weight excluding hydrogens is 290 g/mol. The van der Waals surface area contributed by atoms with Crippen LogP contribution in [0.15, 0.2) is 12.5 Å². The van der Waals surface area contributed by atoms with Crippen LogP contribution in [-0.2, 0) is 13.6 Å². The predicted molar refractivity (Wildman–Crippen MR) is 79.0 cm³/mol. The highest BCUT2D eigenvalue weighted by molar-refractivity contribution is 7.08. The van der Waals surface area contributed by atoms with Crippen molar-refractivity contribution in [1.29, 1.82) is 0 Å². The van der Waals surface area contributed by atoms with E-state index in [1.807, 2.05) is 25.5 Å². The van der Waals surface area contributed by atoms with Gasteiger partial charge in [0, 0.05) is 19.8 Å². The highest BCUT2D eigenvalue weighted by atomic mass is 32.1. The Hall–Kier alpha value is -1.80. The molecule has 0 aliphatic heterocycles. The molecule has 2 heterocycles. The van der Waals surface area contributed by atoms with Gasteiger partial charge >= 0.3 is 0 Å². The van der Waals surface area contributed by atoms with E-state index in [1.54, 1.807) is 17.4 Å². The summed E-state index contributed by atoms with van der Waals surface area (Å²) in [5.74, 6) is -0.0145. The maximum Gasteiger partial charge on any atom is 0.267 e. The van der Waals surface area contributed by atoms with Crippen LogP contribution in [0.2, 0.25) is 0 Å². The summed E-state index contributed by atoms with van der Waals surface area (Å²) >= 11 is 1.10. The van der Waals surface area contributed by atoms with Crippen LogP contribution in [0.1, 0.15) is 40.8 Å². The van der Waals surface area contributed by atoms with Gasteiger partial charge in [0.2, 0.25) is 0 Å². The Labute approximate surface area is 127 Å². The summed E-state index contributed by atoms with van der Waals surface area (Å²) in [5, 5.41) is 13.3. The fourth-order valence-electron chi connectivity index (χ4n) is 1.97. The first-order chi connectivity index (χ1) is 10.0. The fourth-order valence-corrected chi connectivity index (χ4v) is 2.76. The maximum absolute atomic E-state index is 12.7. The number of rotatable bonds is 6. The molecule has 21 heavy (non-hydrogen) atoms. The van der Waals surface area contributed by atoms with Gasteiger partial charge in [0.1, 0.15) is 4.88 Å². The normalized spacial score (nSPS) is 11.1. The number of aliphatic hydroxyl groups is 1. The minimum absolute atomic E-state index is 0.0904. The van der Waals surface area contributed by atoms with Gasteiger partial charge in [-0.3, -0.25) is 4.79 Å². The summed E-state index contributed by atoms with van der Waals surface area (Å²) in [5.41, 5.74) is 1.61. The first kappa shape index (κ1) is 15.6. The smallest absolute Gasteiger partial charge is 0.267 e. The summed E-state index contributed by atoms with van der Waals surface area (Å²) in [7, 11) is 1.87. The van der Waals surface area contributed by atoms with Crippen molar-refractivity contribution in [2.75, 3.05) is 13.2 Å². The van der Waals surface area contributed by atoms with Gasteiger partial charge in [0.15, 0.2) is 0 Å². The molecule has 0 unspecified atom stereocenters. The van der Waals surface area contributed by atoms with E-state index in [0.29, 0.717) is 17.1 Å². The second kappa shape index (κ2) is 6.77. The largest absolute Gasteiger partial charge is 0.395 e. The number of hydrogen-bond acceptors (Lipinski definition) is 6. The van der Waals surface area contributed by atoms with E-state index in [-0.39, 0.29) is 25.0 Å². The summed E-state index contributed by atoms with van der Waals surface area (Å²) in [6, 6.07) is 0. The van der Waals surface area contributed by atoms with Crippen LogP contribution < -0.4 is 0 Å². The molecule has 0 aliphatic carbocycles. The molecular formula is C13H19N5O2S. The van der Waals surface area contributed by atoms with E-state index >= 15 is 0 Å². The van der Waals surface area contributed by atoms with Crippen molar-refractivity contribution in [1.82, 2.24) is 24.0 Å². The second-order valence-electron chi connectivity index (χ2n) is 5.09. The molecule has 0 bridgehead atoms. The molecule has 2 aromatic heterocycles. The Morgan fingerprint density at radius 1 is 1.52 bits per heavy atom. The molecule has 0 atom stereocenters. The molecule has 7 nitrogen and oxygen atoms in total. The van der Waals surface area contributed by atoms with Crippen molar-refractivity contribution < 1.29 is 9.90 Å². The number of amides is 1. The third-order valence-electron chi connectivity index (χ3n) is 3.18. The third kappa shape index (κ3) is 3.45. The van der Waals surface area contributed by atoms with E-state index in [0.717, 1.165) is 17.2 Å². The minimum atomic E-state index is -0.149. The Morgan fingerprint density at radius 2 is 2.29 bits per heavy atom. The van der Waals surface area contributed by atoms with Crippen LogP contribution >= 0.6 is 11.5 Å². The Kier molecular flexibility index (Phi) is 5.03. The molecule has 8 heteroatoms. The topological polar surface area (TPSA) is 84.1 Å². The molecule has 0 aliphatic rings. The van der Waals surface area contributed by atoms with Crippen molar-refractivity contribution in [2.24, 2.45) is 7.05 Å². The Bertz CT molecular complexity index is 607. The maximum atomic E-state index is 12.7. The highest BCUT2D eigenvalue weighted by Gasteiger charge is 2.24. The van der Waals surface area contributed by atoms with E-state index in [1.165, 1.54) is 0 Å². The van der Waals surface area contributed by atoms with Gasteiger partial charge in [-0.1, -0.05) is 18.3 Å². The number of carbonyl (C=O) groups excluding carboxylic acids is 1. The minimum Gasteiger partial charge on any atom is -0.395 e. The number of imidazole rings is 1. The van der Waals surface area contributed by atoms with Crippen LogP contribution in [0, 0.1) is 0 Å². The van der Waals surface area contributed by atoms with Gasteiger partial charge < -0.3 is 14.6 Å². The van der Waals surface area contributed by atoms with Crippen molar-refractivity contribution in [3.63, 3.8) is 0 Å². The number of carbonyl (C=O) groups is 1. The molecule has 0 saturated heterocycles. The summed E-state index contributed by atoms with van der Waals surface area (Å²) < 4.78 is 5.74. The summed E-state index contributed by atoms with van der Waals surface area (Å²) in [4.78, 5) is 18.9. The predicted octanol–water partition coefficient (Wildman–Crippen LogP) is 1.03. The second-order valence-corrected chi connectivity index (χ2v) is 5.84. The monoisotopic (exact) mass is 309 g/mol. The third-order valence-corrected chi connectivity index (χ3v) is 3.91. The first-order valence-electron chi connectivity index (χ1n) is 6.72.